The standard InChI is InChI=1S/C11H24N2S/c1-4-6-7-13(5-2)10-8-12-9-11(10)14-3/h10-12H,4-9H2,1-3H3. The smallest absolute Gasteiger partial charge is 0.0351 e. The largest absolute Gasteiger partial charge is 0.314 e. The molecule has 84 valence electrons. The molecule has 1 saturated heterocycles. The van der Waals surface area contributed by atoms with Gasteiger partial charge in [0, 0.05) is 24.4 Å². The van der Waals surface area contributed by atoms with E-state index >= 15 is 0 Å². The first-order chi connectivity index (χ1) is 6.83. The van der Waals surface area contributed by atoms with Crippen LogP contribution >= 0.6 is 11.8 Å². The number of hydrogen-bond acceptors (Lipinski definition) is 3. The lowest BCUT2D eigenvalue weighted by Gasteiger charge is -2.30. The van der Waals surface area contributed by atoms with Gasteiger partial charge in [-0.1, -0.05) is 20.3 Å². The van der Waals surface area contributed by atoms with Gasteiger partial charge in [0.05, 0.1) is 0 Å². The second kappa shape index (κ2) is 6.70. The van der Waals surface area contributed by atoms with Gasteiger partial charge in [-0.3, -0.25) is 4.90 Å². The van der Waals surface area contributed by atoms with Crippen LogP contribution in [0, 0.1) is 0 Å². The molecule has 0 bridgehead atoms. The molecule has 0 amide bonds. The Bertz CT molecular complexity index is 152. The Labute approximate surface area is 92.8 Å². The van der Waals surface area contributed by atoms with Crippen molar-refractivity contribution in [1.82, 2.24) is 10.2 Å². The average Bonchev–Trinajstić information content (AvgIpc) is 2.67. The maximum Gasteiger partial charge on any atom is 0.0351 e. The van der Waals surface area contributed by atoms with Crippen molar-refractivity contribution in [3.63, 3.8) is 0 Å². The fourth-order valence-electron chi connectivity index (χ4n) is 2.17. The molecule has 0 spiro atoms. The SMILES string of the molecule is CCCCN(CC)C1CNCC1SC. The first-order valence-corrected chi connectivity index (χ1v) is 7.09. The van der Waals surface area contributed by atoms with E-state index in [0.29, 0.717) is 0 Å². The van der Waals surface area contributed by atoms with Crippen molar-refractivity contribution >= 4 is 11.8 Å². The summed E-state index contributed by atoms with van der Waals surface area (Å²) in [7, 11) is 0. The molecule has 1 heterocycles. The summed E-state index contributed by atoms with van der Waals surface area (Å²) in [5.74, 6) is 0. The fraction of sp³-hybridized carbons (Fsp3) is 1.00. The summed E-state index contributed by atoms with van der Waals surface area (Å²) in [5.41, 5.74) is 0. The van der Waals surface area contributed by atoms with Crippen molar-refractivity contribution in [3.05, 3.63) is 0 Å². The molecule has 1 aliphatic rings. The van der Waals surface area contributed by atoms with Crippen LogP contribution in [-0.2, 0) is 0 Å². The van der Waals surface area contributed by atoms with Crippen LogP contribution < -0.4 is 5.32 Å². The second-order valence-electron chi connectivity index (χ2n) is 3.98. The molecule has 0 aromatic rings. The van der Waals surface area contributed by atoms with Crippen LogP contribution in [0.3, 0.4) is 0 Å². The van der Waals surface area contributed by atoms with E-state index in [9.17, 15) is 0 Å². The lowest BCUT2D eigenvalue weighted by atomic mass is 10.2. The molecule has 0 radical (unpaired) electrons. The highest BCUT2D eigenvalue weighted by atomic mass is 32.2. The highest BCUT2D eigenvalue weighted by molar-refractivity contribution is 7.99. The first-order valence-electron chi connectivity index (χ1n) is 5.81. The van der Waals surface area contributed by atoms with Crippen molar-refractivity contribution in [1.29, 1.82) is 0 Å². The van der Waals surface area contributed by atoms with E-state index in [1.807, 2.05) is 11.8 Å². The van der Waals surface area contributed by atoms with Crippen LogP contribution in [-0.4, -0.2) is 48.6 Å². The van der Waals surface area contributed by atoms with Gasteiger partial charge < -0.3 is 5.32 Å². The average molecular weight is 216 g/mol. The lowest BCUT2D eigenvalue weighted by molar-refractivity contribution is 0.219. The molecule has 0 aromatic carbocycles. The second-order valence-corrected chi connectivity index (χ2v) is 5.06. The van der Waals surface area contributed by atoms with Gasteiger partial charge >= 0.3 is 0 Å². The van der Waals surface area contributed by atoms with Crippen LogP contribution in [0.25, 0.3) is 0 Å². The van der Waals surface area contributed by atoms with Crippen LogP contribution in [0.1, 0.15) is 26.7 Å². The van der Waals surface area contributed by atoms with Crippen molar-refractivity contribution in [3.8, 4) is 0 Å². The molecular weight excluding hydrogens is 192 g/mol. The van der Waals surface area contributed by atoms with E-state index in [1.54, 1.807) is 0 Å². The summed E-state index contributed by atoms with van der Waals surface area (Å²) >= 11 is 2.01. The van der Waals surface area contributed by atoms with Crippen molar-refractivity contribution in [2.24, 2.45) is 0 Å². The van der Waals surface area contributed by atoms with Gasteiger partial charge in [0.15, 0.2) is 0 Å². The third-order valence-electron chi connectivity index (χ3n) is 3.10. The molecule has 2 atom stereocenters. The number of thioether (sulfide) groups is 1. The Morgan fingerprint density at radius 2 is 2.14 bits per heavy atom. The molecule has 0 aromatic heterocycles. The van der Waals surface area contributed by atoms with Gasteiger partial charge in [0.25, 0.3) is 0 Å². The lowest BCUT2D eigenvalue weighted by Crippen LogP contribution is -2.42. The van der Waals surface area contributed by atoms with Crippen LogP contribution in [0.2, 0.25) is 0 Å². The summed E-state index contributed by atoms with van der Waals surface area (Å²) in [6, 6.07) is 0.765. The van der Waals surface area contributed by atoms with Crippen LogP contribution in [0.15, 0.2) is 0 Å². The number of unbranched alkanes of at least 4 members (excludes halogenated alkanes) is 1. The highest BCUT2D eigenvalue weighted by Crippen LogP contribution is 2.20. The predicted molar refractivity (Wildman–Crippen MR) is 66.1 cm³/mol. The highest BCUT2D eigenvalue weighted by Gasteiger charge is 2.29. The van der Waals surface area contributed by atoms with Gasteiger partial charge in [-0.05, 0) is 25.8 Å². The maximum atomic E-state index is 3.50. The summed E-state index contributed by atoms with van der Waals surface area (Å²) in [4.78, 5) is 2.64. The molecule has 2 nitrogen and oxygen atoms in total. The number of nitrogens with zero attached hydrogens (tertiary/aromatic N) is 1. The topological polar surface area (TPSA) is 15.3 Å². The van der Waals surface area contributed by atoms with E-state index in [4.69, 9.17) is 0 Å². The summed E-state index contributed by atoms with van der Waals surface area (Å²) in [6.45, 7) is 9.40. The minimum Gasteiger partial charge on any atom is -0.314 e. The minimum atomic E-state index is 0.765. The molecule has 1 aliphatic heterocycles. The summed E-state index contributed by atoms with van der Waals surface area (Å²) in [5, 5.41) is 4.30. The number of nitrogens with one attached hydrogen (secondary N) is 1. The molecule has 1 N–H and O–H groups in total. The number of likely N-dealkylation sites (N-methyl/N-ethyl adjacent to an activating group) is 1. The molecule has 14 heavy (non-hydrogen) atoms. The molecule has 2 unspecified atom stereocenters. The van der Waals surface area contributed by atoms with E-state index in [1.165, 1.54) is 39.0 Å². The number of hydrogen-bond donors (Lipinski definition) is 1. The maximum absolute atomic E-state index is 3.50. The molecule has 1 rings (SSSR count). The zero-order chi connectivity index (χ0) is 10.4. The zero-order valence-corrected chi connectivity index (χ0v) is 10.6. The molecule has 0 saturated carbocycles. The quantitative estimate of drug-likeness (QED) is 0.729. The zero-order valence-electron chi connectivity index (χ0n) is 9.75. The van der Waals surface area contributed by atoms with Gasteiger partial charge in [-0.15, -0.1) is 0 Å². The third kappa shape index (κ3) is 3.14. The van der Waals surface area contributed by atoms with E-state index in [-0.39, 0.29) is 0 Å². The molecule has 3 heteroatoms. The van der Waals surface area contributed by atoms with Gasteiger partial charge in [0.1, 0.15) is 0 Å². The molecular formula is C11H24N2S. The van der Waals surface area contributed by atoms with E-state index in [2.05, 4.69) is 30.3 Å². The van der Waals surface area contributed by atoms with Crippen LogP contribution in [0.4, 0.5) is 0 Å². The Morgan fingerprint density at radius 1 is 1.36 bits per heavy atom. The molecule has 0 aliphatic carbocycles. The summed E-state index contributed by atoms with van der Waals surface area (Å²) in [6.07, 6.45) is 4.88. The van der Waals surface area contributed by atoms with Gasteiger partial charge in [-0.2, -0.15) is 11.8 Å². The first kappa shape index (κ1) is 12.3. The van der Waals surface area contributed by atoms with Crippen molar-refractivity contribution in [2.75, 3.05) is 32.4 Å². The normalized spacial score (nSPS) is 27.4. The van der Waals surface area contributed by atoms with Crippen LogP contribution in [0.5, 0.6) is 0 Å². The predicted octanol–water partition coefficient (Wildman–Crippen LogP) is 1.81. The van der Waals surface area contributed by atoms with Crippen molar-refractivity contribution < 1.29 is 0 Å². The third-order valence-corrected chi connectivity index (χ3v) is 4.19. The van der Waals surface area contributed by atoms with Gasteiger partial charge in [-0.25, -0.2) is 0 Å². The minimum absolute atomic E-state index is 0.765. The van der Waals surface area contributed by atoms with E-state index in [0.717, 1.165) is 11.3 Å². The Balaban J connectivity index is 2.41. The fourth-order valence-corrected chi connectivity index (χ4v) is 3.03. The Morgan fingerprint density at radius 3 is 2.71 bits per heavy atom. The monoisotopic (exact) mass is 216 g/mol. The Kier molecular flexibility index (Phi) is 5.90. The van der Waals surface area contributed by atoms with Crippen molar-refractivity contribution in [2.45, 2.75) is 38.0 Å². The van der Waals surface area contributed by atoms with E-state index < -0.39 is 0 Å². The number of rotatable bonds is 6. The summed E-state index contributed by atoms with van der Waals surface area (Å²) < 4.78 is 0. The van der Waals surface area contributed by atoms with Gasteiger partial charge in [0.2, 0.25) is 0 Å². The Hall–Kier alpha value is 0.270. The molecule has 1 fully saturated rings.